The third kappa shape index (κ3) is 8.24. The molecule has 0 aromatic heterocycles. The smallest absolute Gasteiger partial charge is 0.337 e. The molecule has 0 heterocycles. The van der Waals surface area contributed by atoms with Crippen molar-refractivity contribution in [1.29, 1.82) is 0 Å². The largest absolute Gasteiger partial charge is 0.479 e. The quantitative estimate of drug-likeness (QED) is 0.280. The maximum absolute atomic E-state index is 13.9. The minimum Gasteiger partial charge on any atom is -0.479 e. The molecule has 0 unspecified atom stereocenters. The van der Waals surface area contributed by atoms with Crippen molar-refractivity contribution in [2.45, 2.75) is 85.0 Å². The van der Waals surface area contributed by atoms with E-state index in [-0.39, 0.29) is 37.1 Å². The average molecular weight is 476 g/mol. The normalized spacial score (nSPS) is 15.0. The first-order chi connectivity index (χ1) is 15.8. The summed E-state index contributed by atoms with van der Waals surface area (Å²) >= 11 is 0. The van der Waals surface area contributed by atoms with E-state index in [1.165, 1.54) is 0 Å². The van der Waals surface area contributed by atoms with Crippen LogP contribution in [0.15, 0.2) is 30.3 Å². The Labute approximate surface area is 203 Å². The Morgan fingerprint density at radius 3 is 2.00 bits per heavy atom. The number of hydrogen-bond donors (Lipinski definition) is 3. The Morgan fingerprint density at radius 1 is 1.00 bits per heavy atom. The van der Waals surface area contributed by atoms with E-state index in [9.17, 15) is 24.3 Å². The minimum absolute atomic E-state index is 0.0229. The maximum Gasteiger partial charge on any atom is 0.337 e. The van der Waals surface area contributed by atoms with E-state index in [0.717, 1.165) is 4.90 Å². The van der Waals surface area contributed by atoms with Crippen LogP contribution in [0.5, 0.6) is 0 Å². The van der Waals surface area contributed by atoms with Gasteiger partial charge in [0.15, 0.2) is 11.8 Å². The SMILES string of the molecule is CC(C)C[C@H](NC(=O)[C@@H](N)CC(C)C)C(=O)N(Cc1ccccc1)[C@](C=O)(CC(C)C)C(=O)O. The summed E-state index contributed by atoms with van der Waals surface area (Å²) in [6.07, 6.45) is 1.01. The number of carbonyl (C=O) groups is 4. The van der Waals surface area contributed by atoms with Crippen LogP contribution in [-0.2, 0) is 25.7 Å². The Kier molecular flexibility index (Phi) is 11.4. The summed E-state index contributed by atoms with van der Waals surface area (Å²) in [6.45, 7) is 11.2. The molecule has 0 saturated heterocycles. The Balaban J connectivity index is 3.49. The number of nitrogens with two attached hydrogens (primary N) is 1. The molecule has 0 spiro atoms. The standard InChI is InChI=1S/C26H41N3O5/c1-17(2)12-21(27)23(31)28-22(13-18(3)4)24(32)29(15-20-10-8-7-9-11-20)26(16-30,25(33)34)14-19(5)6/h7-11,16-19,21-22H,12-15,27H2,1-6H3,(H,28,31)(H,33,34)/t21-,22-,26-/m0/s1. The maximum atomic E-state index is 13.9. The monoisotopic (exact) mass is 475 g/mol. The third-order valence-electron chi connectivity index (χ3n) is 5.60. The van der Waals surface area contributed by atoms with Crippen molar-refractivity contribution in [1.82, 2.24) is 10.2 Å². The highest BCUT2D eigenvalue weighted by atomic mass is 16.4. The molecule has 0 bridgehead atoms. The van der Waals surface area contributed by atoms with Crippen molar-refractivity contribution in [2.24, 2.45) is 23.5 Å². The van der Waals surface area contributed by atoms with Gasteiger partial charge in [-0.05, 0) is 42.6 Å². The van der Waals surface area contributed by atoms with Crippen LogP contribution in [0.2, 0.25) is 0 Å². The number of aliphatic carboxylic acids is 1. The Morgan fingerprint density at radius 2 is 1.56 bits per heavy atom. The fourth-order valence-electron chi connectivity index (χ4n) is 4.05. The van der Waals surface area contributed by atoms with Gasteiger partial charge < -0.3 is 25.9 Å². The molecule has 34 heavy (non-hydrogen) atoms. The van der Waals surface area contributed by atoms with Crippen molar-refractivity contribution in [3.8, 4) is 0 Å². The van der Waals surface area contributed by atoms with Crippen LogP contribution in [0.25, 0.3) is 0 Å². The van der Waals surface area contributed by atoms with Crippen molar-refractivity contribution in [3.05, 3.63) is 35.9 Å². The first kappa shape index (κ1) is 29.3. The summed E-state index contributed by atoms with van der Waals surface area (Å²) in [4.78, 5) is 52.6. The summed E-state index contributed by atoms with van der Waals surface area (Å²) in [5.74, 6) is -2.44. The molecule has 190 valence electrons. The van der Waals surface area contributed by atoms with Crippen molar-refractivity contribution < 1.29 is 24.3 Å². The van der Waals surface area contributed by atoms with E-state index in [1.54, 1.807) is 38.1 Å². The van der Waals surface area contributed by atoms with Gasteiger partial charge in [-0.3, -0.25) is 9.59 Å². The van der Waals surface area contributed by atoms with Crippen LogP contribution >= 0.6 is 0 Å². The van der Waals surface area contributed by atoms with E-state index in [1.807, 2.05) is 33.8 Å². The van der Waals surface area contributed by atoms with E-state index in [0.29, 0.717) is 18.3 Å². The highest BCUT2D eigenvalue weighted by Gasteiger charge is 2.49. The average Bonchev–Trinajstić information content (AvgIpc) is 2.74. The second-order valence-corrected chi connectivity index (χ2v) is 10.3. The lowest BCUT2D eigenvalue weighted by atomic mass is 9.86. The van der Waals surface area contributed by atoms with Crippen LogP contribution in [0.1, 0.15) is 66.4 Å². The molecular formula is C26H41N3O5. The van der Waals surface area contributed by atoms with Crippen molar-refractivity contribution in [3.63, 3.8) is 0 Å². The number of hydrogen-bond acceptors (Lipinski definition) is 5. The van der Waals surface area contributed by atoms with Gasteiger partial charge >= 0.3 is 5.97 Å². The number of carbonyl (C=O) groups excluding carboxylic acids is 3. The number of amides is 2. The van der Waals surface area contributed by atoms with Gasteiger partial charge in [0.25, 0.3) is 0 Å². The number of aldehydes is 1. The lowest BCUT2D eigenvalue weighted by molar-refractivity contribution is -0.164. The molecule has 1 rings (SSSR count). The zero-order valence-electron chi connectivity index (χ0n) is 21.3. The molecule has 3 atom stereocenters. The van der Waals surface area contributed by atoms with Crippen LogP contribution in [0.4, 0.5) is 0 Å². The zero-order valence-corrected chi connectivity index (χ0v) is 21.3. The van der Waals surface area contributed by atoms with Crippen LogP contribution in [-0.4, -0.2) is 51.7 Å². The van der Waals surface area contributed by atoms with E-state index in [2.05, 4.69) is 5.32 Å². The van der Waals surface area contributed by atoms with Gasteiger partial charge in [-0.15, -0.1) is 0 Å². The molecule has 0 aliphatic rings. The Bertz CT molecular complexity index is 825. The molecule has 2 amide bonds. The molecular weight excluding hydrogens is 434 g/mol. The highest BCUT2D eigenvalue weighted by Crippen LogP contribution is 2.27. The fourth-order valence-corrected chi connectivity index (χ4v) is 4.05. The number of carboxylic acid groups (broad SMARTS) is 1. The summed E-state index contributed by atoms with van der Waals surface area (Å²) in [7, 11) is 0. The van der Waals surface area contributed by atoms with Gasteiger partial charge in [0.05, 0.1) is 6.04 Å². The van der Waals surface area contributed by atoms with Crippen LogP contribution < -0.4 is 11.1 Å². The molecule has 0 aliphatic carbocycles. The number of rotatable bonds is 14. The highest BCUT2D eigenvalue weighted by molar-refractivity contribution is 6.02. The second-order valence-electron chi connectivity index (χ2n) is 10.3. The van der Waals surface area contributed by atoms with Crippen LogP contribution in [0, 0.1) is 17.8 Å². The third-order valence-corrected chi connectivity index (χ3v) is 5.60. The molecule has 0 fully saturated rings. The van der Waals surface area contributed by atoms with Gasteiger partial charge in [-0.1, -0.05) is 71.9 Å². The summed E-state index contributed by atoms with van der Waals surface area (Å²) in [5.41, 5.74) is 4.65. The van der Waals surface area contributed by atoms with Crippen molar-refractivity contribution in [2.75, 3.05) is 0 Å². The van der Waals surface area contributed by atoms with Gasteiger partial charge in [0, 0.05) is 6.54 Å². The predicted molar refractivity (Wildman–Crippen MR) is 132 cm³/mol. The summed E-state index contributed by atoms with van der Waals surface area (Å²) in [6, 6.07) is 7.09. The minimum atomic E-state index is -2.07. The first-order valence-corrected chi connectivity index (χ1v) is 11.9. The van der Waals surface area contributed by atoms with E-state index in [4.69, 9.17) is 5.73 Å². The number of benzene rings is 1. The molecule has 8 heteroatoms. The molecule has 0 aliphatic heterocycles. The summed E-state index contributed by atoms with van der Waals surface area (Å²) in [5, 5.41) is 12.9. The number of nitrogens with zero attached hydrogens (tertiary/aromatic N) is 1. The van der Waals surface area contributed by atoms with E-state index >= 15 is 0 Å². The molecule has 0 radical (unpaired) electrons. The number of nitrogens with one attached hydrogen (secondary N) is 1. The first-order valence-electron chi connectivity index (χ1n) is 11.9. The van der Waals surface area contributed by atoms with Gasteiger partial charge in [0.2, 0.25) is 11.8 Å². The van der Waals surface area contributed by atoms with Crippen molar-refractivity contribution >= 4 is 24.1 Å². The lowest BCUT2D eigenvalue weighted by Crippen LogP contribution is -2.63. The molecule has 0 saturated carbocycles. The zero-order chi connectivity index (χ0) is 26.1. The lowest BCUT2D eigenvalue weighted by Gasteiger charge is -2.40. The molecule has 1 aromatic rings. The molecule has 4 N–H and O–H groups in total. The van der Waals surface area contributed by atoms with Crippen LogP contribution in [0.3, 0.4) is 0 Å². The van der Waals surface area contributed by atoms with Gasteiger partial charge in [0.1, 0.15) is 6.04 Å². The number of carboxylic acids is 1. The second kappa shape index (κ2) is 13.2. The van der Waals surface area contributed by atoms with Gasteiger partial charge in [-0.2, -0.15) is 0 Å². The van der Waals surface area contributed by atoms with E-state index < -0.39 is 35.4 Å². The summed E-state index contributed by atoms with van der Waals surface area (Å²) < 4.78 is 0. The Hall–Kier alpha value is -2.74. The van der Waals surface area contributed by atoms with Gasteiger partial charge in [-0.25, -0.2) is 4.79 Å². The topological polar surface area (TPSA) is 130 Å². The molecule has 8 nitrogen and oxygen atoms in total. The molecule has 1 aromatic carbocycles. The predicted octanol–water partition coefficient (Wildman–Crippen LogP) is 2.99. The fraction of sp³-hybridized carbons (Fsp3) is 0.615.